The lowest BCUT2D eigenvalue weighted by Crippen LogP contribution is -2.34. The maximum absolute atomic E-state index is 4.86. The summed E-state index contributed by atoms with van der Waals surface area (Å²) in [5.74, 6) is 1.14. The van der Waals surface area contributed by atoms with Gasteiger partial charge in [-0.25, -0.2) is 4.98 Å². The van der Waals surface area contributed by atoms with E-state index in [0.29, 0.717) is 6.17 Å². The number of aryl methyl sites for hydroxylation is 1. The third-order valence-corrected chi connectivity index (χ3v) is 5.38. The molecule has 4 heteroatoms. The summed E-state index contributed by atoms with van der Waals surface area (Å²) in [6, 6.07) is 12.9. The average molecular weight is 316 g/mol. The molecule has 0 unspecified atom stereocenters. The van der Waals surface area contributed by atoms with E-state index in [1.54, 1.807) is 0 Å². The number of anilines is 1. The van der Waals surface area contributed by atoms with Gasteiger partial charge in [-0.1, -0.05) is 18.2 Å². The average Bonchev–Trinajstić information content (AvgIpc) is 3.21. The number of hydrogen-bond acceptors (Lipinski definition) is 3. The van der Waals surface area contributed by atoms with Crippen LogP contribution in [-0.2, 0) is 6.42 Å². The summed E-state index contributed by atoms with van der Waals surface area (Å²) < 4.78 is 2.32. The number of benzene rings is 2. The van der Waals surface area contributed by atoms with Crippen LogP contribution in [0.25, 0.3) is 16.7 Å². The molecule has 0 radical (unpaired) electrons. The maximum atomic E-state index is 4.86. The van der Waals surface area contributed by atoms with Gasteiger partial charge in [0.25, 0.3) is 0 Å². The lowest BCUT2D eigenvalue weighted by molar-refractivity contribution is 0.382. The van der Waals surface area contributed by atoms with Gasteiger partial charge in [0.1, 0.15) is 12.0 Å². The van der Waals surface area contributed by atoms with Gasteiger partial charge in [0.15, 0.2) is 0 Å². The second kappa shape index (κ2) is 4.63. The van der Waals surface area contributed by atoms with Crippen molar-refractivity contribution in [2.75, 3.05) is 11.9 Å². The van der Waals surface area contributed by atoms with Gasteiger partial charge in [-0.05, 0) is 37.6 Å². The Morgan fingerprint density at radius 3 is 2.71 bits per heavy atom. The van der Waals surface area contributed by atoms with Gasteiger partial charge in [0.2, 0.25) is 0 Å². The third kappa shape index (κ3) is 1.65. The lowest BCUT2D eigenvalue weighted by Gasteiger charge is -2.30. The van der Waals surface area contributed by atoms with Crippen molar-refractivity contribution < 1.29 is 0 Å². The number of imidazole rings is 1. The molecule has 0 fully saturated rings. The first-order valence-corrected chi connectivity index (χ1v) is 8.43. The highest BCUT2D eigenvalue weighted by Gasteiger charge is 2.30. The highest BCUT2D eigenvalue weighted by atomic mass is 15.4. The molecule has 24 heavy (non-hydrogen) atoms. The van der Waals surface area contributed by atoms with Crippen LogP contribution in [0.2, 0.25) is 0 Å². The molecule has 3 aromatic rings. The van der Waals surface area contributed by atoms with Crippen molar-refractivity contribution in [1.82, 2.24) is 14.5 Å². The summed E-state index contributed by atoms with van der Waals surface area (Å²) in [6.07, 6.45) is 5.56. The molecule has 1 atom stereocenters. The predicted octanol–water partition coefficient (Wildman–Crippen LogP) is 3.81. The molecule has 5 rings (SSSR count). The summed E-state index contributed by atoms with van der Waals surface area (Å²) in [6.45, 7) is 4.44. The summed E-state index contributed by atoms with van der Waals surface area (Å²) >= 11 is 0. The topological polar surface area (TPSA) is 24.3 Å². The van der Waals surface area contributed by atoms with Crippen molar-refractivity contribution in [3.05, 3.63) is 65.7 Å². The highest BCUT2D eigenvalue weighted by Crippen LogP contribution is 2.41. The Balaban J connectivity index is 1.74. The molecule has 4 nitrogen and oxygen atoms in total. The van der Waals surface area contributed by atoms with Crippen molar-refractivity contribution >= 4 is 16.7 Å². The second-order valence-electron chi connectivity index (χ2n) is 6.76. The van der Waals surface area contributed by atoms with Gasteiger partial charge in [-0.15, -0.1) is 0 Å². The van der Waals surface area contributed by atoms with Gasteiger partial charge >= 0.3 is 0 Å². The molecule has 2 aliphatic rings. The highest BCUT2D eigenvalue weighted by molar-refractivity contribution is 5.82. The molecule has 0 aliphatic carbocycles. The van der Waals surface area contributed by atoms with Crippen LogP contribution in [0.4, 0.5) is 5.69 Å². The van der Waals surface area contributed by atoms with Crippen LogP contribution in [0.1, 0.15) is 23.9 Å². The van der Waals surface area contributed by atoms with Crippen LogP contribution in [-0.4, -0.2) is 27.7 Å². The Kier molecular flexibility index (Phi) is 2.64. The molecular formula is C20H20N4. The van der Waals surface area contributed by atoms with Gasteiger partial charge in [-0.3, -0.25) is 4.57 Å². The van der Waals surface area contributed by atoms with E-state index in [9.17, 15) is 0 Å². The number of fused-ring (bicyclic) bond motifs is 5. The summed E-state index contributed by atoms with van der Waals surface area (Å²) in [4.78, 5) is 9.47. The summed E-state index contributed by atoms with van der Waals surface area (Å²) in [5.41, 5.74) is 7.58. The first kappa shape index (κ1) is 13.7. The zero-order valence-electron chi connectivity index (χ0n) is 14.2. The molecule has 2 aromatic carbocycles. The zero-order valence-corrected chi connectivity index (χ0v) is 14.2. The molecule has 0 bridgehead atoms. The third-order valence-electron chi connectivity index (χ3n) is 5.38. The van der Waals surface area contributed by atoms with E-state index in [1.165, 1.54) is 28.0 Å². The number of hydrogen-bond donors (Lipinski definition) is 0. The van der Waals surface area contributed by atoms with E-state index in [2.05, 4.69) is 84.1 Å². The smallest absolute Gasteiger partial charge is 0.119 e. The SMILES string of the molecule is Cc1ccc2c(c1N1C=CN(C)[C@@H]1C)Cc1nc3ccccc3n1-2. The van der Waals surface area contributed by atoms with Gasteiger partial charge < -0.3 is 9.80 Å². The van der Waals surface area contributed by atoms with Crippen LogP contribution in [0.15, 0.2) is 48.8 Å². The molecule has 0 spiro atoms. The predicted molar refractivity (Wildman–Crippen MR) is 97.5 cm³/mol. The minimum atomic E-state index is 0.333. The Morgan fingerprint density at radius 1 is 1.08 bits per heavy atom. The number of aromatic nitrogens is 2. The molecule has 2 aliphatic heterocycles. The maximum Gasteiger partial charge on any atom is 0.119 e. The molecule has 0 saturated carbocycles. The van der Waals surface area contributed by atoms with Crippen LogP contribution < -0.4 is 4.90 Å². The van der Waals surface area contributed by atoms with Gasteiger partial charge in [-0.2, -0.15) is 0 Å². The summed E-state index contributed by atoms with van der Waals surface area (Å²) in [5, 5.41) is 0. The Hall–Kier alpha value is -2.75. The fraction of sp³-hybridized carbons (Fsp3) is 0.250. The van der Waals surface area contributed by atoms with E-state index in [0.717, 1.165) is 17.8 Å². The minimum Gasteiger partial charge on any atom is -0.359 e. The first-order chi connectivity index (χ1) is 11.6. The molecular weight excluding hydrogens is 296 g/mol. The van der Waals surface area contributed by atoms with Crippen molar-refractivity contribution in [2.24, 2.45) is 0 Å². The van der Waals surface area contributed by atoms with Crippen molar-refractivity contribution in [1.29, 1.82) is 0 Å². The molecule has 0 amide bonds. The quantitative estimate of drug-likeness (QED) is 0.534. The van der Waals surface area contributed by atoms with E-state index < -0.39 is 0 Å². The van der Waals surface area contributed by atoms with E-state index in [4.69, 9.17) is 4.98 Å². The monoisotopic (exact) mass is 316 g/mol. The van der Waals surface area contributed by atoms with Crippen LogP contribution in [0.3, 0.4) is 0 Å². The molecule has 3 heterocycles. The molecule has 120 valence electrons. The largest absolute Gasteiger partial charge is 0.359 e. The summed E-state index contributed by atoms with van der Waals surface area (Å²) in [7, 11) is 2.12. The van der Waals surface area contributed by atoms with Crippen molar-refractivity contribution in [2.45, 2.75) is 26.4 Å². The van der Waals surface area contributed by atoms with E-state index >= 15 is 0 Å². The Morgan fingerprint density at radius 2 is 1.92 bits per heavy atom. The molecule has 0 saturated heterocycles. The van der Waals surface area contributed by atoms with E-state index in [-0.39, 0.29) is 0 Å². The van der Waals surface area contributed by atoms with Crippen molar-refractivity contribution in [3.63, 3.8) is 0 Å². The van der Waals surface area contributed by atoms with Crippen LogP contribution >= 0.6 is 0 Å². The fourth-order valence-electron chi connectivity index (χ4n) is 3.99. The van der Waals surface area contributed by atoms with Gasteiger partial charge in [0.05, 0.1) is 22.4 Å². The zero-order chi connectivity index (χ0) is 16.4. The lowest BCUT2D eigenvalue weighted by atomic mass is 10.0. The fourth-order valence-corrected chi connectivity index (χ4v) is 3.99. The normalized spacial score (nSPS) is 18.5. The van der Waals surface area contributed by atoms with Crippen LogP contribution in [0, 0.1) is 6.92 Å². The second-order valence-corrected chi connectivity index (χ2v) is 6.76. The Labute approximate surface area is 141 Å². The van der Waals surface area contributed by atoms with Crippen LogP contribution in [0.5, 0.6) is 0 Å². The Bertz CT molecular complexity index is 998. The van der Waals surface area contributed by atoms with Gasteiger partial charge in [0, 0.05) is 31.4 Å². The molecule has 1 aromatic heterocycles. The number of rotatable bonds is 1. The standard InChI is InChI=1S/C20H20N4/c1-13-8-9-17-15(20(13)23-11-10-22(3)14(23)2)12-19-21-16-6-4-5-7-18(16)24(17)19/h4-11,14H,12H2,1-3H3/t14-/m0/s1. The number of para-hydroxylation sites is 2. The minimum absolute atomic E-state index is 0.333. The van der Waals surface area contributed by atoms with Crippen molar-refractivity contribution in [3.8, 4) is 5.69 Å². The molecule has 0 N–H and O–H groups in total. The number of nitrogens with zero attached hydrogens (tertiary/aromatic N) is 4. The van der Waals surface area contributed by atoms with E-state index in [1.807, 2.05) is 0 Å². The first-order valence-electron chi connectivity index (χ1n) is 8.43.